The number of ether oxygens (including phenoxy) is 1. The van der Waals surface area contributed by atoms with Crippen LogP contribution in [0.2, 0.25) is 0 Å². The van der Waals surface area contributed by atoms with Crippen LogP contribution in [-0.2, 0) is 6.42 Å². The molecule has 2 nitrogen and oxygen atoms in total. The Morgan fingerprint density at radius 1 is 1.40 bits per heavy atom. The quantitative estimate of drug-likeness (QED) is 0.544. The van der Waals surface area contributed by atoms with Crippen molar-refractivity contribution in [1.82, 2.24) is 0 Å². The second-order valence-corrected chi connectivity index (χ2v) is 3.22. The maximum absolute atomic E-state index is 10.8. The number of benzene rings is 1. The van der Waals surface area contributed by atoms with E-state index in [1.807, 2.05) is 37.3 Å². The lowest BCUT2D eigenvalue weighted by molar-refractivity contribution is 0.112. The molecule has 1 aromatic rings. The van der Waals surface area contributed by atoms with Crippen LogP contribution < -0.4 is 4.74 Å². The van der Waals surface area contributed by atoms with Gasteiger partial charge in [0.1, 0.15) is 12.4 Å². The molecular formula is C13H16O2. The van der Waals surface area contributed by atoms with Crippen LogP contribution in [0.3, 0.4) is 0 Å². The van der Waals surface area contributed by atoms with Gasteiger partial charge in [-0.25, -0.2) is 0 Å². The van der Waals surface area contributed by atoms with Gasteiger partial charge in [0.25, 0.3) is 0 Å². The first-order valence-electron chi connectivity index (χ1n) is 5.13. The van der Waals surface area contributed by atoms with Crippen LogP contribution >= 0.6 is 0 Å². The topological polar surface area (TPSA) is 26.3 Å². The summed E-state index contributed by atoms with van der Waals surface area (Å²) in [6.45, 7) is 4.50. The van der Waals surface area contributed by atoms with Gasteiger partial charge < -0.3 is 4.74 Å². The molecule has 15 heavy (non-hydrogen) atoms. The SMILES string of the molecule is C/C=C/COc1ccc(CC)cc1C=O. The molecule has 0 saturated heterocycles. The lowest BCUT2D eigenvalue weighted by Crippen LogP contribution is -1.98. The van der Waals surface area contributed by atoms with E-state index in [9.17, 15) is 4.79 Å². The minimum atomic E-state index is 0.503. The van der Waals surface area contributed by atoms with Crippen molar-refractivity contribution in [2.75, 3.05) is 6.61 Å². The molecule has 1 aromatic carbocycles. The molecule has 0 bridgehead atoms. The molecule has 80 valence electrons. The summed E-state index contributed by atoms with van der Waals surface area (Å²) < 4.78 is 5.45. The predicted molar refractivity (Wildman–Crippen MR) is 61.5 cm³/mol. The molecule has 0 aliphatic heterocycles. The van der Waals surface area contributed by atoms with Gasteiger partial charge in [-0.1, -0.05) is 25.1 Å². The molecule has 0 unspecified atom stereocenters. The highest BCUT2D eigenvalue weighted by atomic mass is 16.5. The van der Waals surface area contributed by atoms with E-state index in [4.69, 9.17) is 4.74 Å². The molecule has 0 aromatic heterocycles. The van der Waals surface area contributed by atoms with E-state index in [1.54, 1.807) is 0 Å². The Balaban J connectivity index is 2.82. The normalized spacial score (nSPS) is 10.5. The standard InChI is InChI=1S/C13H16O2/c1-3-5-8-15-13-7-6-11(4-2)9-12(13)10-14/h3,5-7,9-10H,4,8H2,1-2H3/b5-3+. The van der Waals surface area contributed by atoms with Gasteiger partial charge in [0.15, 0.2) is 6.29 Å². The van der Waals surface area contributed by atoms with Gasteiger partial charge in [0.2, 0.25) is 0 Å². The second kappa shape index (κ2) is 6.02. The van der Waals surface area contributed by atoms with Gasteiger partial charge in [0.05, 0.1) is 5.56 Å². The zero-order chi connectivity index (χ0) is 11.1. The summed E-state index contributed by atoms with van der Waals surface area (Å²) in [5.74, 6) is 0.653. The molecule has 0 saturated carbocycles. The number of hydrogen-bond donors (Lipinski definition) is 0. The molecule has 0 radical (unpaired) electrons. The third kappa shape index (κ3) is 3.24. The number of carbonyl (C=O) groups is 1. The van der Waals surface area contributed by atoms with Crippen LogP contribution in [0, 0.1) is 0 Å². The summed E-state index contributed by atoms with van der Waals surface area (Å²) in [4.78, 5) is 10.8. The maximum atomic E-state index is 10.8. The van der Waals surface area contributed by atoms with E-state index in [-0.39, 0.29) is 0 Å². The van der Waals surface area contributed by atoms with Crippen molar-refractivity contribution >= 4 is 6.29 Å². The van der Waals surface area contributed by atoms with Crippen LogP contribution in [0.4, 0.5) is 0 Å². The van der Waals surface area contributed by atoms with Crippen molar-refractivity contribution < 1.29 is 9.53 Å². The molecule has 0 spiro atoms. The van der Waals surface area contributed by atoms with Crippen LogP contribution in [0.15, 0.2) is 30.4 Å². The summed E-state index contributed by atoms with van der Waals surface area (Å²) in [5, 5.41) is 0. The van der Waals surface area contributed by atoms with Gasteiger partial charge >= 0.3 is 0 Å². The van der Waals surface area contributed by atoms with E-state index in [2.05, 4.69) is 6.92 Å². The fourth-order valence-electron chi connectivity index (χ4n) is 1.28. The van der Waals surface area contributed by atoms with Gasteiger partial charge in [0, 0.05) is 0 Å². The summed E-state index contributed by atoms with van der Waals surface area (Å²) in [6.07, 6.45) is 5.59. The maximum Gasteiger partial charge on any atom is 0.153 e. The van der Waals surface area contributed by atoms with Gasteiger partial charge in [-0.05, 0) is 31.0 Å². The third-order valence-corrected chi connectivity index (χ3v) is 2.18. The molecular weight excluding hydrogens is 188 g/mol. The van der Waals surface area contributed by atoms with Crippen molar-refractivity contribution in [3.8, 4) is 5.75 Å². The zero-order valence-electron chi connectivity index (χ0n) is 9.19. The first kappa shape index (κ1) is 11.5. The fourth-order valence-corrected chi connectivity index (χ4v) is 1.28. The predicted octanol–water partition coefficient (Wildman–Crippen LogP) is 3.02. The number of aldehydes is 1. The highest BCUT2D eigenvalue weighted by Crippen LogP contribution is 2.18. The number of carbonyl (C=O) groups excluding carboxylic acids is 1. The largest absolute Gasteiger partial charge is 0.489 e. The van der Waals surface area contributed by atoms with E-state index in [0.717, 1.165) is 18.3 Å². The fraction of sp³-hybridized carbons (Fsp3) is 0.308. The van der Waals surface area contributed by atoms with Crippen molar-refractivity contribution in [2.45, 2.75) is 20.3 Å². The monoisotopic (exact) mass is 204 g/mol. The summed E-state index contributed by atoms with van der Waals surface area (Å²) >= 11 is 0. The Labute approximate surface area is 90.6 Å². The van der Waals surface area contributed by atoms with Crippen molar-refractivity contribution in [3.05, 3.63) is 41.5 Å². The molecule has 0 aliphatic rings. The summed E-state index contributed by atoms with van der Waals surface area (Å²) in [6, 6.07) is 5.71. The van der Waals surface area contributed by atoms with Crippen molar-refractivity contribution in [1.29, 1.82) is 0 Å². The Morgan fingerprint density at radius 2 is 2.20 bits per heavy atom. The summed E-state index contributed by atoms with van der Waals surface area (Å²) in [5.41, 5.74) is 1.77. The van der Waals surface area contributed by atoms with E-state index in [0.29, 0.717) is 17.9 Å². The van der Waals surface area contributed by atoms with Gasteiger partial charge in [-0.3, -0.25) is 4.79 Å². The molecule has 0 aliphatic carbocycles. The van der Waals surface area contributed by atoms with Crippen LogP contribution in [0.1, 0.15) is 29.8 Å². The second-order valence-electron chi connectivity index (χ2n) is 3.22. The Kier molecular flexibility index (Phi) is 4.61. The van der Waals surface area contributed by atoms with Crippen molar-refractivity contribution in [3.63, 3.8) is 0 Å². The Morgan fingerprint density at radius 3 is 2.80 bits per heavy atom. The minimum absolute atomic E-state index is 0.503. The number of allylic oxidation sites excluding steroid dienone is 1. The highest BCUT2D eigenvalue weighted by molar-refractivity contribution is 5.79. The Bertz CT molecular complexity index is 354. The average molecular weight is 204 g/mol. The number of hydrogen-bond acceptors (Lipinski definition) is 2. The van der Waals surface area contributed by atoms with Crippen molar-refractivity contribution in [2.24, 2.45) is 0 Å². The molecule has 0 heterocycles. The molecule has 0 N–H and O–H groups in total. The Hall–Kier alpha value is -1.57. The smallest absolute Gasteiger partial charge is 0.153 e. The van der Waals surface area contributed by atoms with E-state index in [1.165, 1.54) is 0 Å². The average Bonchev–Trinajstić information content (AvgIpc) is 2.29. The molecule has 2 heteroatoms. The molecule has 0 atom stereocenters. The number of rotatable bonds is 5. The third-order valence-electron chi connectivity index (χ3n) is 2.18. The molecule has 1 rings (SSSR count). The molecule has 0 amide bonds. The van der Waals surface area contributed by atoms with Crippen LogP contribution in [-0.4, -0.2) is 12.9 Å². The summed E-state index contributed by atoms with van der Waals surface area (Å²) in [7, 11) is 0. The van der Waals surface area contributed by atoms with E-state index < -0.39 is 0 Å². The lowest BCUT2D eigenvalue weighted by Gasteiger charge is -2.07. The van der Waals surface area contributed by atoms with Gasteiger partial charge in [-0.15, -0.1) is 0 Å². The first-order chi connectivity index (χ1) is 7.31. The zero-order valence-corrected chi connectivity index (χ0v) is 9.19. The first-order valence-corrected chi connectivity index (χ1v) is 5.13. The highest BCUT2D eigenvalue weighted by Gasteiger charge is 2.02. The lowest BCUT2D eigenvalue weighted by atomic mass is 10.1. The van der Waals surface area contributed by atoms with Crippen LogP contribution in [0.5, 0.6) is 5.75 Å². The molecule has 0 fully saturated rings. The van der Waals surface area contributed by atoms with Gasteiger partial charge in [-0.2, -0.15) is 0 Å². The minimum Gasteiger partial charge on any atom is -0.489 e. The number of aryl methyl sites for hydroxylation is 1. The van der Waals surface area contributed by atoms with E-state index >= 15 is 0 Å². The van der Waals surface area contributed by atoms with Crippen LogP contribution in [0.25, 0.3) is 0 Å².